The molecule has 2 aromatic carbocycles. The van der Waals surface area contributed by atoms with Crippen molar-refractivity contribution in [3.8, 4) is 23.1 Å². The molecule has 1 aromatic heterocycles. The second-order valence-corrected chi connectivity index (χ2v) is 7.76. The van der Waals surface area contributed by atoms with E-state index in [9.17, 15) is 4.79 Å². The second kappa shape index (κ2) is 10.7. The van der Waals surface area contributed by atoms with Crippen LogP contribution in [0.5, 0.6) is 23.1 Å². The summed E-state index contributed by atoms with van der Waals surface area (Å²) in [6.45, 7) is 1.79. The molecule has 1 amide bonds. The normalized spacial score (nSPS) is 13.9. The number of aromatic nitrogens is 2. The van der Waals surface area contributed by atoms with Gasteiger partial charge < -0.3 is 24.4 Å². The number of methoxy groups -OCH3 is 2. The molecule has 0 radical (unpaired) electrons. The van der Waals surface area contributed by atoms with Gasteiger partial charge in [0.15, 0.2) is 5.82 Å². The molecule has 0 atom stereocenters. The lowest BCUT2D eigenvalue weighted by Gasteiger charge is -2.32. The molecule has 1 aliphatic rings. The molecule has 3 aromatic rings. The molecule has 0 spiro atoms. The standard InChI is InChI=1S/C25H28N4O4/c1-31-21-8-9-22(32-2)19(16-21)17-28-24(30)18-10-14-29(15-11-18)23-25(27-13-12-26-23)33-20-6-4-3-5-7-20/h3-9,12-13,16,18H,10-11,14-15,17H2,1-2H3,(H,28,30). The highest BCUT2D eigenvalue weighted by Gasteiger charge is 2.27. The van der Waals surface area contributed by atoms with E-state index in [1.165, 1.54) is 0 Å². The molecule has 4 rings (SSSR count). The summed E-state index contributed by atoms with van der Waals surface area (Å²) in [7, 11) is 3.23. The molecule has 1 aliphatic heterocycles. The highest BCUT2D eigenvalue weighted by atomic mass is 16.5. The van der Waals surface area contributed by atoms with Crippen molar-refractivity contribution in [2.24, 2.45) is 5.92 Å². The summed E-state index contributed by atoms with van der Waals surface area (Å²) >= 11 is 0. The van der Waals surface area contributed by atoms with E-state index in [1.807, 2.05) is 48.5 Å². The molecule has 8 heteroatoms. The van der Waals surface area contributed by atoms with Gasteiger partial charge in [0.1, 0.15) is 17.2 Å². The van der Waals surface area contributed by atoms with Crippen LogP contribution >= 0.6 is 0 Å². The van der Waals surface area contributed by atoms with Gasteiger partial charge in [-0.3, -0.25) is 4.79 Å². The Morgan fingerprint density at radius 1 is 1.00 bits per heavy atom. The number of carbonyl (C=O) groups is 1. The van der Waals surface area contributed by atoms with Crippen LogP contribution in [0.3, 0.4) is 0 Å². The number of para-hydroxylation sites is 1. The summed E-state index contributed by atoms with van der Waals surface area (Å²) in [5, 5.41) is 3.05. The molecular formula is C25H28N4O4. The number of rotatable bonds is 8. The van der Waals surface area contributed by atoms with E-state index in [1.54, 1.807) is 26.6 Å². The summed E-state index contributed by atoms with van der Waals surface area (Å²) in [5.41, 5.74) is 0.880. The van der Waals surface area contributed by atoms with Crippen LogP contribution < -0.4 is 24.4 Å². The van der Waals surface area contributed by atoms with Gasteiger partial charge in [0.25, 0.3) is 5.88 Å². The van der Waals surface area contributed by atoms with Crippen molar-refractivity contribution in [3.05, 3.63) is 66.5 Å². The lowest BCUT2D eigenvalue weighted by Crippen LogP contribution is -2.40. The maximum Gasteiger partial charge on any atom is 0.263 e. The quantitative estimate of drug-likeness (QED) is 0.561. The first kappa shape index (κ1) is 22.4. The van der Waals surface area contributed by atoms with Crippen LogP contribution in [0.1, 0.15) is 18.4 Å². The SMILES string of the molecule is COc1ccc(OC)c(CNC(=O)C2CCN(c3nccnc3Oc3ccccc3)CC2)c1. The fourth-order valence-electron chi connectivity index (χ4n) is 3.91. The van der Waals surface area contributed by atoms with Crippen molar-refractivity contribution in [3.63, 3.8) is 0 Å². The van der Waals surface area contributed by atoms with Crippen LogP contribution in [-0.2, 0) is 11.3 Å². The average Bonchev–Trinajstić information content (AvgIpc) is 2.88. The molecule has 2 heterocycles. The van der Waals surface area contributed by atoms with E-state index >= 15 is 0 Å². The summed E-state index contributed by atoms with van der Waals surface area (Å²) in [6.07, 6.45) is 4.73. The van der Waals surface area contributed by atoms with Crippen LogP contribution in [0, 0.1) is 5.92 Å². The van der Waals surface area contributed by atoms with Crippen LogP contribution in [-0.4, -0.2) is 43.2 Å². The van der Waals surface area contributed by atoms with Gasteiger partial charge in [-0.25, -0.2) is 9.97 Å². The number of ether oxygens (including phenoxy) is 3. The van der Waals surface area contributed by atoms with Crippen molar-refractivity contribution in [2.75, 3.05) is 32.2 Å². The van der Waals surface area contributed by atoms with Crippen LogP contribution in [0.25, 0.3) is 0 Å². The molecule has 172 valence electrons. The second-order valence-electron chi connectivity index (χ2n) is 7.76. The first-order valence-corrected chi connectivity index (χ1v) is 11.0. The minimum absolute atomic E-state index is 0.0411. The van der Waals surface area contributed by atoms with Gasteiger partial charge in [-0.15, -0.1) is 0 Å². The fraction of sp³-hybridized carbons (Fsp3) is 0.320. The molecule has 0 unspecified atom stereocenters. The molecule has 0 aliphatic carbocycles. The number of nitrogens with zero attached hydrogens (tertiary/aromatic N) is 3. The molecule has 8 nitrogen and oxygen atoms in total. The number of piperidine rings is 1. The predicted octanol–water partition coefficient (Wildman–Crippen LogP) is 3.82. The Morgan fingerprint density at radius 3 is 2.48 bits per heavy atom. The fourth-order valence-corrected chi connectivity index (χ4v) is 3.91. The summed E-state index contributed by atoms with van der Waals surface area (Å²) < 4.78 is 16.6. The highest BCUT2D eigenvalue weighted by Crippen LogP contribution is 2.31. The van der Waals surface area contributed by atoms with Crippen molar-refractivity contribution in [1.82, 2.24) is 15.3 Å². The minimum atomic E-state index is -0.0620. The van der Waals surface area contributed by atoms with Crippen LogP contribution in [0.15, 0.2) is 60.9 Å². The number of hydrogen-bond acceptors (Lipinski definition) is 7. The predicted molar refractivity (Wildman–Crippen MR) is 125 cm³/mol. The topological polar surface area (TPSA) is 85.8 Å². The van der Waals surface area contributed by atoms with Gasteiger partial charge >= 0.3 is 0 Å². The zero-order valence-corrected chi connectivity index (χ0v) is 18.9. The van der Waals surface area contributed by atoms with E-state index in [0.717, 1.165) is 29.9 Å². The number of carbonyl (C=O) groups excluding carboxylic acids is 1. The van der Waals surface area contributed by atoms with E-state index in [2.05, 4.69) is 20.2 Å². The van der Waals surface area contributed by atoms with Crippen molar-refractivity contribution < 1.29 is 19.0 Å². The van der Waals surface area contributed by atoms with Gasteiger partial charge in [0, 0.05) is 43.5 Å². The summed E-state index contributed by atoms with van der Waals surface area (Å²) in [6, 6.07) is 15.1. The van der Waals surface area contributed by atoms with Crippen LogP contribution in [0.4, 0.5) is 5.82 Å². The van der Waals surface area contributed by atoms with E-state index in [4.69, 9.17) is 14.2 Å². The maximum atomic E-state index is 12.8. The Labute approximate surface area is 193 Å². The van der Waals surface area contributed by atoms with E-state index in [-0.39, 0.29) is 11.8 Å². The van der Waals surface area contributed by atoms with Gasteiger partial charge in [0.05, 0.1) is 14.2 Å². The largest absolute Gasteiger partial charge is 0.497 e. The lowest BCUT2D eigenvalue weighted by atomic mass is 9.96. The molecule has 1 saturated heterocycles. The third-order valence-corrected chi connectivity index (χ3v) is 5.71. The summed E-state index contributed by atoms with van der Waals surface area (Å²) in [5.74, 6) is 3.30. The molecule has 1 N–H and O–H groups in total. The number of amides is 1. The molecule has 0 saturated carbocycles. The van der Waals surface area contributed by atoms with Crippen molar-refractivity contribution in [1.29, 1.82) is 0 Å². The first-order valence-electron chi connectivity index (χ1n) is 11.0. The van der Waals surface area contributed by atoms with Gasteiger partial charge in [0.2, 0.25) is 5.91 Å². The Balaban J connectivity index is 1.34. The average molecular weight is 449 g/mol. The monoisotopic (exact) mass is 448 g/mol. The third kappa shape index (κ3) is 5.52. The zero-order chi connectivity index (χ0) is 23.0. The van der Waals surface area contributed by atoms with Crippen molar-refractivity contribution >= 4 is 11.7 Å². The first-order chi connectivity index (χ1) is 16.2. The smallest absolute Gasteiger partial charge is 0.263 e. The maximum absolute atomic E-state index is 12.8. The zero-order valence-electron chi connectivity index (χ0n) is 18.9. The van der Waals surface area contributed by atoms with E-state index in [0.29, 0.717) is 37.1 Å². The van der Waals surface area contributed by atoms with Gasteiger partial charge in [-0.2, -0.15) is 0 Å². The third-order valence-electron chi connectivity index (χ3n) is 5.71. The Kier molecular flexibility index (Phi) is 7.24. The molecule has 0 bridgehead atoms. The number of nitrogens with one attached hydrogen (secondary N) is 1. The molecule has 1 fully saturated rings. The minimum Gasteiger partial charge on any atom is -0.497 e. The Hall–Kier alpha value is -3.81. The number of anilines is 1. The molecule has 33 heavy (non-hydrogen) atoms. The van der Waals surface area contributed by atoms with Crippen molar-refractivity contribution in [2.45, 2.75) is 19.4 Å². The Morgan fingerprint density at radius 2 is 1.76 bits per heavy atom. The number of benzene rings is 2. The summed E-state index contributed by atoms with van der Waals surface area (Å²) in [4.78, 5) is 23.8. The van der Waals surface area contributed by atoms with E-state index < -0.39 is 0 Å². The van der Waals surface area contributed by atoms with Crippen LogP contribution in [0.2, 0.25) is 0 Å². The highest BCUT2D eigenvalue weighted by molar-refractivity contribution is 5.79. The number of hydrogen-bond donors (Lipinski definition) is 1. The van der Waals surface area contributed by atoms with Gasteiger partial charge in [-0.05, 0) is 43.2 Å². The van der Waals surface area contributed by atoms with Gasteiger partial charge in [-0.1, -0.05) is 18.2 Å². The molecular weight excluding hydrogens is 420 g/mol. The Bertz CT molecular complexity index is 1070. The lowest BCUT2D eigenvalue weighted by molar-refractivity contribution is -0.125.